The normalized spacial score (nSPS) is 31.9. The molecule has 1 saturated heterocycles. The summed E-state index contributed by atoms with van der Waals surface area (Å²) in [6.45, 7) is 1.03. The Morgan fingerprint density at radius 1 is 1.70 bits per heavy atom. The lowest BCUT2D eigenvalue weighted by Gasteiger charge is -2.28. The molecule has 1 N–H and O–H groups in total. The van der Waals surface area contributed by atoms with Crippen LogP contribution in [0.3, 0.4) is 0 Å². The molecule has 2 nitrogen and oxygen atoms in total. The van der Waals surface area contributed by atoms with E-state index in [0.29, 0.717) is 0 Å². The Morgan fingerprint density at radius 2 is 2.60 bits per heavy atom. The number of fused-ring (bicyclic) bond motifs is 1. The van der Waals surface area contributed by atoms with Gasteiger partial charge in [0.1, 0.15) is 6.23 Å². The SMILES string of the molecule is OC1CCC=C2SCCN21. The average Bonchev–Trinajstić information content (AvgIpc) is 2.36. The Balaban J connectivity index is 2.18. The van der Waals surface area contributed by atoms with Crippen molar-refractivity contribution in [2.45, 2.75) is 19.1 Å². The van der Waals surface area contributed by atoms with Gasteiger partial charge in [-0.2, -0.15) is 0 Å². The highest BCUT2D eigenvalue weighted by Gasteiger charge is 2.26. The minimum absolute atomic E-state index is 0.199. The van der Waals surface area contributed by atoms with Gasteiger partial charge in [-0.3, -0.25) is 0 Å². The lowest BCUT2D eigenvalue weighted by Crippen LogP contribution is -2.33. The van der Waals surface area contributed by atoms with E-state index in [0.717, 1.165) is 25.1 Å². The minimum atomic E-state index is -0.199. The van der Waals surface area contributed by atoms with Gasteiger partial charge in [0.2, 0.25) is 0 Å². The lowest BCUT2D eigenvalue weighted by molar-refractivity contribution is 0.0291. The summed E-state index contributed by atoms with van der Waals surface area (Å²) in [5, 5.41) is 10.7. The molecule has 0 aromatic heterocycles. The van der Waals surface area contributed by atoms with E-state index in [9.17, 15) is 5.11 Å². The van der Waals surface area contributed by atoms with E-state index in [1.165, 1.54) is 5.03 Å². The molecule has 0 saturated carbocycles. The van der Waals surface area contributed by atoms with Crippen LogP contribution in [0.1, 0.15) is 12.8 Å². The molecule has 2 aliphatic rings. The van der Waals surface area contributed by atoms with Gasteiger partial charge < -0.3 is 10.0 Å². The first-order valence-corrected chi connectivity index (χ1v) is 4.64. The van der Waals surface area contributed by atoms with Gasteiger partial charge >= 0.3 is 0 Å². The van der Waals surface area contributed by atoms with Crippen LogP contribution in [0.2, 0.25) is 0 Å². The average molecular weight is 157 g/mol. The van der Waals surface area contributed by atoms with E-state index >= 15 is 0 Å². The first kappa shape index (κ1) is 6.55. The first-order valence-electron chi connectivity index (χ1n) is 3.65. The molecular weight excluding hydrogens is 146 g/mol. The number of aliphatic hydroxyl groups excluding tert-OH is 1. The molecule has 0 bridgehead atoms. The fraction of sp³-hybridized carbons (Fsp3) is 0.714. The molecule has 0 aliphatic carbocycles. The molecule has 0 radical (unpaired) electrons. The molecule has 56 valence electrons. The number of hydrogen-bond acceptors (Lipinski definition) is 3. The summed E-state index contributed by atoms with van der Waals surface area (Å²) in [4.78, 5) is 2.09. The van der Waals surface area contributed by atoms with Gasteiger partial charge in [-0.15, -0.1) is 11.8 Å². The van der Waals surface area contributed by atoms with Crippen LogP contribution in [-0.2, 0) is 0 Å². The second-order valence-electron chi connectivity index (χ2n) is 2.64. The predicted molar refractivity (Wildman–Crippen MR) is 42.5 cm³/mol. The summed E-state index contributed by atoms with van der Waals surface area (Å²) >= 11 is 1.86. The summed E-state index contributed by atoms with van der Waals surface area (Å²) in [7, 11) is 0. The highest BCUT2D eigenvalue weighted by atomic mass is 32.2. The number of allylic oxidation sites excluding steroid dienone is 1. The first-order chi connectivity index (χ1) is 4.88. The lowest BCUT2D eigenvalue weighted by atomic mass is 10.2. The summed E-state index contributed by atoms with van der Waals surface area (Å²) in [6.07, 6.45) is 3.98. The fourth-order valence-corrected chi connectivity index (χ4v) is 2.54. The van der Waals surface area contributed by atoms with E-state index < -0.39 is 0 Å². The highest BCUT2D eigenvalue weighted by Crippen LogP contribution is 2.33. The second kappa shape index (κ2) is 2.47. The van der Waals surface area contributed by atoms with Crippen LogP contribution < -0.4 is 0 Å². The van der Waals surface area contributed by atoms with Crippen LogP contribution in [0, 0.1) is 0 Å². The number of aliphatic hydroxyl groups is 1. The third-order valence-electron chi connectivity index (χ3n) is 1.97. The molecule has 1 atom stereocenters. The molecule has 3 heteroatoms. The number of thioether (sulfide) groups is 1. The zero-order valence-corrected chi connectivity index (χ0v) is 6.60. The Bertz CT molecular complexity index is 169. The van der Waals surface area contributed by atoms with Crippen molar-refractivity contribution in [3.05, 3.63) is 11.1 Å². The van der Waals surface area contributed by atoms with Crippen LogP contribution in [-0.4, -0.2) is 28.5 Å². The monoisotopic (exact) mass is 157 g/mol. The number of hydrogen-bond donors (Lipinski definition) is 1. The predicted octanol–water partition coefficient (Wildman–Crippen LogP) is 0.989. The topological polar surface area (TPSA) is 23.5 Å². The van der Waals surface area contributed by atoms with Gasteiger partial charge in [-0.25, -0.2) is 0 Å². The van der Waals surface area contributed by atoms with Gasteiger partial charge in [0.15, 0.2) is 0 Å². The smallest absolute Gasteiger partial charge is 0.127 e. The van der Waals surface area contributed by atoms with Crippen molar-refractivity contribution in [2.24, 2.45) is 0 Å². The van der Waals surface area contributed by atoms with Crippen molar-refractivity contribution in [1.82, 2.24) is 4.90 Å². The van der Waals surface area contributed by atoms with E-state index in [-0.39, 0.29) is 6.23 Å². The third kappa shape index (κ3) is 0.935. The maximum absolute atomic E-state index is 9.45. The summed E-state index contributed by atoms with van der Waals surface area (Å²) in [5.41, 5.74) is 0. The van der Waals surface area contributed by atoms with Gasteiger partial charge in [0.25, 0.3) is 0 Å². The summed E-state index contributed by atoms with van der Waals surface area (Å²) in [5.74, 6) is 1.14. The van der Waals surface area contributed by atoms with Crippen LogP contribution in [0.4, 0.5) is 0 Å². The van der Waals surface area contributed by atoms with Crippen molar-refractivity contribution in [1.29, 1.82) is 0 Å². The second-order valence-corrected chi connectivity index (χ2v) is 3.76. The molecule has 2 rings (SSSR count). The van der Waals surface area contributed by atoms with E-state index in [1.54, 1.807) is 0 Å². The molecule has 0 aromatic rings. The van der Waals surface area contributed by atoms with Gasteiger partial charge in [0, 0.05) is 12.3 Å². The standard InChI is InChI=1S/C7H11NOS/c9-6-2-1-3-7-8(6)4-5-10-7/h3,6,9H,1-2,4-5H2. The van der Waals surface area contributed by atoms with Crippen molar-refractivity contribution in [3.63, 3.8) is 0 Å². The molecular formula is C7H11NOS. The zero-order valence-electron chi connectivity index (χ0n) is 5.79. The molecule has 1 unspecified atom stereocenters. The van der Waals surface area contributed by atoms with Crippen LogP contribution in [0.5, 0.6) is 0 Å². The molecule has 10 heavy (non-hydrogen) atoms. The number of rotatable bonds is 0. The van der Waals surface area contributed by atoms with Crippen LogP contribution >= 0.6 is 11.8 Å². The van der Waals surface area contributed by atoms with Crippen LogP contribution in [0.15, 0.2) is 11.1 Å². The van der Waals surface area contributed by atoms with E-state index in [1.807, 2.05) is 11.8 Å². The summed E-state index contributed by atoms with van der Waals surface area (Å²) in [6, 6.07) is 0. The van der Waals surface area contributed by atoms with Gasteiger partial charge in [-0.05, 0) is 12.8 Å². The van der Waals surface area contributed by atoms with E-state index in [4.69, 9.17) is 0 Å². The molecule has 0 aromatic carbocycles. The Kier molecular flexibility index (Phi) is 1.62. The molecule has 2 aliphatic heterocycles. The Labute approximate surface area is 64.9 Å². The molecule has 1 fully saturated rings. The molecule has 0 amide bonds. The van der Waals surface area contributed by atoms with Crippen molar-refractivity contribution in [2.75, 3.05) is 12.3 Å². The minimum Gasteiger partial charge on any atom is -0.374 e. The van der Waals surface area contributed by atoms with Crippen molar-refractivity contribution >= 4 is 11.8 Å². The fourth-order valence-electron chi connectivity index (χ4n) is 1.43. The van der Waals surface area contributed by atoms with Crippen LogP contribution in [0.25, 0.3) is 0 Å². The maximum atomic E-state index is 9.45. The van der Waals surface area contributed by atoms with E-state index in [2.05, 4.69) is 11.0 Å². The highest BCUT2D eigenvalue weighted by molar-refractivity contribution is 8.03. The zero-order chi connectivity index (χ0) is 6.97. The largest absolute Gasteiger partial charge is 0.374 e. The van der Waals surface area contributed by atoms with Crippen molar-refractivity contribution in [3.8, 4) is 0 Å². The number of nitrogens with zero attached hydrogens (tertiary/aromatic N) is 1. The maximum Gasteiger partial charge on any atom is 0.127 e. The quantitative estimate of drug-likeness (QED) is 0.567. The van der Waals surface area contributed by atoms with Gasteiger partial charge in [-0.1, -0.05) is 6.08 Å². The Hall–Kier alpha value is -0.150. The van der Waals surface area contributed by atoms with Gasteiger partial charge in [0.05, 0.1) is 5.03 Å². The van der Waals surface area contributed by atoms with Crippen molar-refractivity contribution < 1.29 is 5.11 Å². The summed E-state index contributed by atoms with van der Waals surface area (Å²) < 4.78 is 0. The molecule has 0 spiro atoms. The molecule has 2 heterocycles. The third-order valence-corrected chi connectivity index (χ3v) is 3.05. The Morgan fingerprint density at radius 3 is 3.40 bits per heavy atom.